The van der Waals surface area contributed by atoms with Crippen LogP contribution in [-0.2, 0) is 14.6 Å². The van der Waals surface area contributed by atoms with E-state index in [4.69, 9.17) is 5.73 Å². The van der Waals surface area contributed by atoms with E-state index >= 15 is 0 Å². The molecular weight excluding hydrogens is 271 g/mol. The molecule has 1 amide bonds. The Hall–Kier alpha value is -1.63. The number of halogens is 1. The Morgan fingerprint density at radius 1 is 1.42 bits per heavy atom. The van der Waals surface area contributed by atoms with Crippen LogP contribution in [0.1, 0.15) is 13.8 Å². The summed E-state index contributed by atoms with van der Waals surface area (Å²) in [5.41, 5.74) is 5.46. The first-order valence-corrected chi connectivity index (χ1v) is 7.42. The standard InChI is InChI=1S/C12H17FN2O3S/c1-8(2)6-15-12(16)7-19(17,18)11-4-3-9(14)5-10(11)13/h3-5,8H,6-7,14H2,1-2H3,(H,15,16). The van der Waals surface area contributed by atoms with Crippen LogP contribution in [-0.4, -0.2) is 26.6 Å². The van der Waals surface area contributed by atoms with Gasteiger partial charge in [0.1, 0.15) is 16.5 Å². The highest BCUT2D eigenvalue weighted by Gasteiger charge is 2.22. The number of nitrogen functional groups attached to an aromatic ring is 1. The maximum Gasteiger partial charge on any atom is 0.235 e. The van der Waals surface area contributed by atoms with Crippen molar-refractivity contribution in [3.05, 3.63) is 24.0 Å². The minimum atomic E-state index is -4.00. The molecule has 19 heavy (non-hydrogen) atoms. The van der Waals surface area contributed by atoms with Gasteiger partial charge in [-0.05, 0) is 24.1 Å². The maximum absolute atomic E-state index is 13.5. The van der Waals surface area contributed by atoms with E-state index in [1.807, 2.05) is 13.8 Å². The Morgan fingerprint density at radius 2 is 2.05 bits per heavy atom. The fourth-order valence-electron chi connectivity index (χ4n) is 1.39. The maximum atomic E-state index is 13.5. The van der Waals surface area contributed by atoms with E-state index < -0.39 is 32.2 Å². The molecule has 0 saturated heterocycles. The smallest absolute Gasteiger partial charge is 0.235 e. The van der Waals surface area contributed by atoms with Gasteiger partial charge in [-0.25, -0.2) is 12.8 Å². The molecule has 0 aliphatic heterocycles. The SMILES string of the molecule is CC(C)CNC(=O)CS(=O)(=O)c1ccc(N)cc1F. The number of sulfone groups is 1. The second-order valence-corrected chi connectivity index (χ2v) is 6.60. The molecule has 0 spiro atoms. The molecule has 1 aromatic carbocycles. The average Bonchev–Trinajstić information content (AvgIpc) is 2.25. The van der Waals surface area contributed by atoms with Crippen LogP contribution in [0.25, 0.3) is 0 Å². The van der Waals surface area contributed by atoms with Crippen molar-refractivity contribution in [2.45, 2.75) is 18.7 Å². The third kappa shape index (κ3) is 4.51. The Kier molecular flexibility index (Phi) is 4.88. The summed E-state index contributed by atoms with van der Waals surface area (Å²) in [7, 11) is -4.00. The summed E-state index contributed by atoms with van der Waals surface area (Å²) in [6.07, 6.45) is 0. The van der Waals surface area contributed by atoms with E-state index in [2.05, 4.69) is 5.32 Å². The molecule has 0 radical (unpaired) electrons. The Balaban J connectivity index is 2.84. The first-order valence-electron chi connectivity index (χ1n) is 5.77. The number of benzene rings is 1. The summed E-state index contributed by atoms with van der Waals surface area (Å²) in [6.45, 7) is 4.14. The third-order valence-electron chi connectivity index (χ3n) is 2.32. The zero-order valence-corrected chi connectivity index (χ0v) is 11.6. The molecule has 0 aromatic heterocycles. The lowest BCUT2D eigenvalue weighted by atomic mass is 10.2. The van der Waals surface area contributed by atoms with E-state index in [1.54, 1.807) is 0 Å². The van der Waals surface area contributed by atoms with Gasteiger partial charge < -0.3 is 11.1 Å². The fourth-order valence-corrected chi connectivity index (χ4v) is 2.62. The van der Waals surface area contributed by atoms with Crippen molar-refractivity contribution in [3.63, 3.8) is 0 Å². The predicted octanol–water partition coefficient (Wildman–Crippen LogP) is 0.954. The van der Waals surface area contributed by atoms with Gasteiger partial charge in [0, 0.05) is 12.2 Å². The molecule has 0 aliphatic carbocycles. The third-order valence-corrected chi connectivity index (χ3v) is 3.96. The Morgan fingerprint density at radius 3 is 2.58 bits per heavy atom. The number of carbonyl (C=O) groups is 1. The summed E-state index contributed by atoms with van der Waals surface area (Å²) in [5, 5.41) is 2.47. The number of amides is 1. The first-order chi connectivity index (χ1) is 8.72. The van der Waals surface area contributed by atoms with E-state index in [0.717, 1.165) is 12.1 Å². The number of hydrogen-bond acceptors (Lipinski definition) is 4. The lowest BCUT2D eigenvalue weighted by Gasteiger charge is -2.09. The Labute approximate surface area is 111 Å². The second kappa shape index (κ2) is 6.01. The summed E-state index contributed by atoms with van der Waals surface area (Å²) < 4.78 is 37.3. The highest BCUT2D eigenvalue weighted by Crippen LogP contribution is 2.18. The van der Waals surface area contributed by atoms with Crippen LogP contribution in [0.3, 0.4) is 0 Å². The molecule has 1 rings (SSSR count). The van der Waals surface area contributed by atoms with Crippen molar-refractivity contribution in [1.29, 1.82) is 0 Å². The van der Waals surface area contributed by atoms with E-state index in [1.165, 1.54) is 6.07 Å². The molecule has 0 heterocycles. The lowest BCUT2D eigenvalue weighted by molar-refractivity contribution is -0.118. The highest BCUT2D eigenvalue weighted by atomic mass is 32.2. The minimum absolute atomic E-state index is 0.126. The molecule has 3 N–H and O–H groups in total. The van der Waals surface area contributed by atoms with Crippen molar-refractivity contribution < 1.29 is 17.6 Å². The molecule has 7 heteroatoms. The number of carbonyl (C=O) groups excluding carboxylic acids is 1. The van der Waals surface area contributed by atoms with Crippen LogP contribution in [0.4, 0.5) is 10.1 Å². The van der Waals surface area contributed by atoms with Crippen LogP contribution >= 0.6 is 0 Å². The van der Waals surface area contributed by atoms with Crippen molar-refractivity contribution in [2.24, 2.45) is 5.92 Å². The van der Waals surface area contributed by atoms with Gasteiger partial charge >= 0.3 is 0 Å². The van der Waals surface area contributed by atoms with Gasteiger partial charge in [-0.15, -0.1) is 0 Å². The fraction of sp³-hybridized carbons (Fsp3) is 0.417. The highest BCUT2D eigenvalue weighted by molar-refractivity contribution is 7.92. The van der Waals surface area contributed by atoms with Crippen molar-refractivity contribution >= 4 is 21.4 Å². The van der Waals surface area contributed by atoms with Gasteiger partial charge in [-0.3, -0.25) is 4.79 Å². The van der Waals surface area contributed by atoms with Gasteiger partial charge in [0.15, 0.2) is 9.84 Å². The second-order valence-electron chi connectivity index (χ2n) is 4.65. The van der Waals surface area contributed by atoms with Gasteiger partial charge in [0.2, 0.25) is 5.91 Å². The lowest BCUT2D eigenvalue weighted by Crippen LogP contribution is -2.33. The van der Waals surface area contributed by atoms with Crippen LogP contribution in [0.5, 0.6) is 0 Å². The van der Waals surface area contributed by atoms with Gasteiger partial charge in [-0.1, -0.05) is 13.8 Å². The molecule has 0 fully saturated rings. The van der Waals surface area contributed by atoms with Gasteiger partial charge in [0.25, 0.3) is 0 Å². The molecular formula is C12H17FN2O3S. The quantitative estimate of drug-likeness (QED) is 0.790. The van der Waals surface area contributed by atoms with Crippen molar-refractivity contribution in [2.75, 3.05) is 18.0 Å². The van der Waals surface area contributed by atoms with Crippen LogP contribution in [0.2, 0.25) is 0 Å². The van der Waals surface area contributed by atoms with Crippen molar-refractivity contribution in [1.82, 2.24) is 5.32 Å². The first kappa shape index (κ1) is 15.4. The number of nitrogens with one attached hydrogen (secondary N) is 1. The molecule has 1 aromatic rings. The van der Waals surface area contributed by atoms with E-state index in [0.29, 0.717) is 6.54 Å². The normalized spacial score (nSPS) is 11.6. The molecule has 0 unspecified atom stereocenters. The van der Waals surface area contributed by atoms with Gasteiger partial charge in [-0.2, -0.15) is 0 Å². The van der Waals surface area contributed by atoms with Crippen LogP contribution in [0.15, 0.2) is 23.1 Å². The molecule has 106 valence electrons. The molecule has 0 atom stereocenters. The average molecular weight is 288 g/mol. The zero-order valence-electron chi connectivity index (χ0n) is 10.8. The van der Waals surface area contributed by atoms with Crippen LogP contribution < -0.4 is 11.1 Å². The molecule has 0 bridgehead atoms. The zero-order chi connectivity index (χ0) is 14.6. The molecule has 5 nitrogen and oxygen atoms in total. The largest absolute Gasteiger partial charge is 0.399 e. The Bertz CT molecular complexity index is 570. The van der Waals surface area contributed by atoms with Gasteiger partial charge in [0.05, 0.1) is 0 Å². The number of rotatable bonds is 5. The summed E-state index contributed by atoms with van der Waals surface area (Å²) in [6, 6.07) is 3.26. The summed E-state index contributed by atoms with van der Waals surface area (Å²) >= 11 is 0. The summed E-state index contributed by atoms with van der Waals surface area (Å²) in [5.74, 6) is -2.16. The number of nitrogens with two attached hydrogens (primary N) is 1. The van der Waals surface area contributed by atoms with Crippen LogP contribution in [0, 0.1) is 11.7 Å². The van der Waals surface area contributed by atoms with E-state index in [9.17, 15) is 17.6 Å². The topological polar surface area (TPSA) is 89.3 Å². The summed E-state index contributed by atoms with van der Waals surface area (Å²) in [4.78, 5) is 11.0. The number of hydrogen-bond donors (Lipinski definition) is 2. The van der Waals surface area contributed by atoms with Crippen molar-refractivity contribution in [3.8, 4) is 0 Å². The number of anilines is 1. The molecule has 0 aliphatic rings. The monoisotopic (exact) mass is 288 g/mol. The molecule has 0 saturated carbocycles. The predicted molar refractivity (Wildman–Crippen MR) is 70.7 cm³/mol. The van der Waals surface area contributed by atoms with E-state index in [-0.39, 0.29) is 11.6 Å². The minimum Gasteiger partial charge on any atom is -0.399 e.